The van der Waals surface area contributed by atoms with Crippen molar-refractivity contribution in [3.8, 4) is 5.75 Å². The first-order valence-electron chi connectivity index (χ1n) is 12.9. The first-order valence-corrected chi connectivity index (χ1v) is 12.9. The van der Waals surface area contributed by atoms with Crippen molar-refractivity contribution in [2.75, 3.05) is 7.11 Å². The highest BCUT2D eigenvalue weighted by Gasteiger charge is 2.32. The SMILES string of the molecule is CC[C@H](c1nnnn1Cc1ccccc1)N(Cc1cc2cc(OC)ccc2[nH]c1=O)C1CCCCC1. The van der Waals surface area contributed by atoms with Gasteiger partial charge in [-0.05, 0) is 59.5 Å². The average Bonchev–Trinajstić information content (AvgIpc) is 3.37. The van der Waals surface area contributed by atoms with Crippen LogP contribution in [0.1, 0.15) is 68.4 Å². The van der Waals surface area contributed by atoms with Crippen molar-refractivity contribution < 1.29 is 4.74 Å². The van der Waals surface area contributed by atoms with Crippen LogP contribution in [0.5, 0.6) is 5.75 Å². The van der Waals surface area contributed by atoms with Gasteiger partial charge < -0.3 is 9.72 Å². The van der Waals surface area contributed by atoms with Crippen LogP contribution in [0.4, 0.5) is 0 Å². The molecule has 5 rings (SSSR count). The number of nitrogens with zero attached hydrogens (tertiary/aromatic N) is 5. The van der Waals surface area contributed by atoms with Crippen molar-refractivity contribution in [3.05, 3.63) is 81.9 Å². The first kappa shape index (κ1) is 24.2. The lowest BCUT2D eigenvalue weighted by atomic mass is 9.92. The molecule has 2 aromatic carbocycles. The van der Waals surface area contributed by atoms with Crippen molar-refractivity contribution >= 4 is 10.9 Å². The van der Waals surface area contributed by atoms with Gasteiger partial charge >= 0.3 is 0 Å². The van der Waals surface area contributed by atoms with Gasteiger partial charge in [0.25, 0.3) is 5.56 Å². The van der Waals surface area contributed by atoms with E-state index in [1.807, 2.05) is 47.1 Å². The minimum atomic E-state index is -0.0489. The molecule has 2 heterocycles. The number of tetrazole rings is 1. The van der Waals surface area contributed by atoms with E-state index in [0.717, 1.165) is 52.9 Å². The van der Waals surface area contributed by atoms with Gasteiger partial charge in [0, 0.05) is 29.1 Å². The van der Waals surface area contributed by atoms with Crippen LogP contribution in [-0.4, -0.2) is 43.2 Å². The molecule has 1 aliphatic rings. The fraction of sp³-hybridized carbons (Fsp3) is 0.429. The Labute approximate surface area is 211 Å². The van der Waals surface area contributed by atoms with E-state index in [2.05, 4.69) is 44.5 Å². The van der Waals surface area contributed by atoms with Crippen molar-refractivity contribution in [1.29, 1.82) is 0 Å². The summed E-state index contributed by atoms with van der Waals surface area (Å²) in [6.07, 6.45) is 6.77. The molecule has 2 aromatic heterocycles. The van der Waals surface area contributed by atoms with Crippen LogP contribution in [0, 0.1) is 0 Å². The van der Waals surface area contributed by atoms with E-state index in [4.69, 9.17) is 4.74 Å². The van der Waals surface area contributed by atoms with Gasteiger partial charge in [-0.3, -0.25) is 9.69 Å². The molecule has 36 heavy (non-hydrogen) atoms. The quantitative estimate of drug-likeness (QED) is 0.364. The predicted molar refractivity (Wildman–Crippen MR) is 140 cm³/mol. The van der Waals surface area contributed by atoms with Crippen LogP contribution in [0.3, 0.4) is 0 Å². The predicted octanol–water partition coefficient (Wildman–Crippen LogP) is 4.86. The number of rotatable bonds is 9. The van der Waals surface area contributed by atoms with Crippen molar-refractivity contribution in [2.24, 2.45) is 0 Å². The largest absolute Gasteiger partial charge is 0.497 e. The van der Waals surface area contributed by atoms with Gasteiger partial charge in [-0.25, -0.2) is 4.68 Å². The summed E-state index contributed by atoms with van der Waals surface area (Å²) < 4.78 is 7.32. The topological polar surface area (TPSA) is 88.9 Å². The van der Waals surface area contributed by atoms with E-state index in [1.165, 1.54) is 19.3 Å². The Bertz CT molecular complexity index is 1340. The number of aromatic nitrogens is 5. The summed E-state index contributed by atoms with van der Waals surface area (Å²) >= 11 is 0. The Morgan fingerprint density at radius 3 is 2.67 bits per heavy atom. The van der Waals surface area contributed by atoms with Crippen molar-refractivity contribution in [2.45, 2.75) is 70.6 Å². The fourth-order valence-corrected chi connectivity index (χ4v) is 5.46. The summed E-state index contributed by atoms with van der Waals surface area (Å²) in [5.74, 6) is 1.63. The highest BCUT2D eigenvalue weighted by Crippen LogP contribution is 2.33. The molecule has 8 heteroatoms. The molecule has 1 N–H and O–H groups in total. The molecular formula is C28H34N6O2. The third-order valence-corrected chi connectivity index (χ3v) is 7.34. The van der Waals surface area contributed by atoms with Crippen LogP contribution in [0.15, 0.2) is 59.4 Å². The summed E-state index contributed by atoms with van der Waals surface area (Å²) in [5.41, 5.74) is 2.67. The second-order valence-electron chi connectivity index (χ2n) is 9.65. The number of hydrogen-bond acceptors (Lipinski definition) is 6. The number of hydrogen-bond donors (Lipinski definition) is 1. The van der Waals surface area contributed by atoms with Gasteiger partial charge in [0.05, 0.1) is 19.7 Å². The first-order chi connectivity index (χ1) is 17.7. The lowest BCUT2D eigenvalue weighted by molar-refractivity contribution is 0.0844. The molecule has 1 saturated carbocycles. The smallest absolute Gasteiger partial charge is 0.252 e. The Morgan fingerprint density at radius 2 is 1.92 bits per heavy atom. The number of pyridine rings is 1. The normalized spacial score (nSPS) is 15.4. The molecule has 0 saturated heterocycles. The number of aromatic amines is 1. The lowest BCUT2D eigenvalue weighted by Crippen LogP contribution is -2.41. The van der Waals surface area contributed by atoms with E-state index >= 15 is 0 Å². The van der Waals surface area contributed by atoms with Gasteiger partial charge in [-0.15, -0.1) is 5.10 Å². The Balaban J connectivity index is 1.51. The molecular weight excluding hydrogens is 452 g/mol. The zero-order valence-corrected chi connectivity index (χ0v) is 21.1. The second-order valence-corrected chi connectivity index (χ2v) is 9.65. The number of nitrogens with one attached hydrogen (secondary N) is 1. The number of benzene rings is 2. The molecule has 4 aromatic rings. The van der Waals surface area contributed by atoms with E-state index in [-0.39, 0.29) is 11.6 Å². The maximum absolute atomic E-state index is 13.2. The number of ether oxygens (including phenoxy) is 1. The zero-order chi connectivity index (χ0) is 24.9. The number of fused-ring (bicyclic) bond motifs is 1. The highest BCUT2D eigenvalue weighted by molar-refractivity contribution is 5.80. The van der Waals surface area contributed by atoms with E-state index in [9.17, 15) is 4.79 Å². The Hall–Kier alpha value is -3.52. The molecule has 0 spiro atoms. The minimum Gasteiger partial charge on any atom is -0.497 e. The van der Waals surface area contributed by atoms with E-state index in [0.29, 0.717) is 19.1 Å². The van der Waals surface area contributed by atoms with Gasteiger partial charge in [0.1, 0.15) is 5.75 Å². The minimum absolute atomic E-state index is 0.00668. The molecule has 188 valence electrons. The molecule has 1 fully saturated rings. The molecule has 0 bridgehead atoms. The summed E-state index contributed by atoms with van der Waals surface area (Å²) in [6.45, 7) is 3.34. The van der Waals surface area contributed by atoms with Gasteiger partial charge in [0.2, 0.25) is 0 Å². The average molecular weight is 487 g/mol. The molecule has 8 nitrogen and oxygen atoms in total. The Kier molecular flexibility index (Phi) is 7.41. The number of H-pyrrole nitrogens is 1. The van der Waals surface area contributed by atoms with Crippen LogP contribution >= 0.6 is 0 Å². The third-order valence-electron chi connectivity index (χ3n) is 7.34. The van der Waals surface area contributed by atoms with Crippen molar-refractivity contribution in [1.82, 2.24) is 30.1 Å². The maximum atomic E-state index is 13.2. The van der Waals surface area contributed by atoms with E-state index in [1.54, 1.807) is 7.11 Å². The summed E-state index contributed by atoms with van der Waals surface area (Å²) in [4.78, 5) is 18.7. The molecule has 1 aliphatic carbocycles. The van der Waals surface area contributed by atoms with Crippen LogP contribution in [-0.2, 0) is 13.1 Å². The second kappa shape index (κ2) is 11.0. The zero-order valence-electron chi connectivity index (χ0n) is 21.1. The van der Waals surface area contributed by atoms with Gasteiger partial charge in [-0.2, -0.15) is 0 Å². The highest BCUT2D eigenvalue weighted by atomic mass is 16.5. The molecule has 0 amide bonds. The summed E-state index contributed by atoms with van der Waals surface area (Å²) in [5, 5.41) is 13.9. The summed E-state index contributed by atoms with van der Waals surface area (Å²) in [6, 6.07) is 18.4. The molecule has 0 radical (unpaired) electrons. The van der Waals surface area contributed by atoms with Crippen LogP contribution in [0.25, 0.3) is 10.9 Å². The molecule has 0 unspecified atom stereocenters. The lowest BCUT2D eigenvalue weighted by Gasteiger charge is -2.39. The van der Waals surface area contributed by atoms with Crippen LogP contribution in [0.2, 0.25) is 0 Å². The maximum Gasteiger partial charge on any atom is 0.252 e. The van der Waals surface area contributed by atoms with Gasteiger partial charge in [-0.1, -0.05) is 56.5 Å². The van der Waals surface area contributed by atoms with E-state index < -0.39 is 0 Å². The number of methoxy groups -OCH3 is 1. The Morgan fingerprint density at radius 1 is 1.11 bits per heavy atom. The van der Waals surface area contributed by atoms with Crippen molar-refractivity contribution in [3.63, 3.8) is 0 Å². The standard InChI is InChI=1S/C28H34N6O2/c1-3-26(27-30-31-32-34(27)18-20-10-6-4-7-11-20)33(23-12-8-5-9-13-23)19-22-16-21-17-24(36-2)14-15-25(21)29-28(22)35/h4,6-7,10-11,14-17,23,26H,3,5,8-9,12-13,18-19H2,1-2H3,(H,29,35)/t26-/m1/s1. The monoisotopic (exact) mass is 486 g/mol. The molecule has 0 aliphatic heterocycles. The third kappa shape index (κ3) is 5.18. The van der Waals surface area contributed by atoms with Crippen LogP contribution < -0.4 is 10.3 Å². The summed E-state index contributed by atoms with van der Waals surface area (Å²) in [7, 11) is 1.66. The van der Waals surface area contributed by atoms with Gasteiger partial charge in [0.15, 0.2) is 5.82 Å². The fourth-order valence-electron chi connectivity index (χ4n) is 5.46. The molecule has 1 atom stereocenters.